The lowest BCUT2D eigenvalue weighted by Gasteiger charge is -2.11. The van der Waals surface area contributed by atoms with Crippen LogP contribution < -0.4 is 11.1 Å². The predicted molar refractivity (Wildman–Crippen MR) is 86.0 cm³/mol. The first-order valence-corrected chi connectivity index (χ1v) is 6.86. The van der Waals surface area contributed by atoms with Gasteiger partial charge in [-0.2, -0.15) is 0 Å². The van der Waals surface area contributed by atoms with Crippen molar-refractivity contribution in [2.24, 2.45) is 5.73 Å². The topological polar surface area (TPSA) is 38.0 Å². The highest BCUT2D eigenvalue weighted by Gasteiger charge is 2.04. The fourth-order valence-electron chi connectivity index (χ4n) is 2.01. The first-order chi connectivity index (χ1) is 9.20. The van der Waals surface area contributed by atoms with E-state index in [4.69, 9.17) is 18.0 Å². The van der Waals surface area contributed by atoms with Crippen molar-refractivity contribution < 1.29 is 0 Å². The summed E-state index contributed by atoms with van der Waals surface area (Å²) in [5.41, 5.74) is 9.94. The van der Waals surface area contributed by atoms with Gasteiger partial charge in [0.25, 0.3) is 0 Å². The van der Waals surface area contributed by atoms with E-state index in [1.807, 2.05) is 24.3 Å². The van der Waals surface area contributed by atoms with Crippen LogP contribution in [-0.2, 0) is 6.42 Å². The first kappa shape index (κ1) is 13.6. The Labute approximate surface area is 119 Å². The number of anilines is 2. The zero-order chi connectivity index (χ0) is 13.7. The van der Waals surface area contributed by atoms with E-state index in [1.165, 1.54) is 5.56 Å². The van der Waals surface area contributed by atoms with E-state index in [9.17, 15) is 0 Å². The predicted octanol–water partition coefficient (Wildman–Crippen LogP) is 4.02. The molecular formula is C16H18N2S. The number of para-hydroxylation sites is 1. The molecule has 3 N–H and O–H groups in total. The molecule has 0 spiro atoms. The summed E-state index contributed by atoms with van der Waals surface area (Å²) in [6, 6.07) is 16.3. The molecule has 0 fully saturated rings. The number of hydrogen-bond acceptors (Lipinski definition) is 2. The Hall–Kier alpha value is -1.87. The molecule has 0 aliphatic heterocycles. The summed E-state index contributed by atoms with van der Waals surface area (Å²) >= 11 is 5.06. The van der Waals surface area contributed by atoms with E-state index in [0.717, 1.165) is 29.8 Å². The summed E-state index contributed by atoms with van der Waals surface area (Å²) in [4.78, 5) is 0.408. The van der Waals surface area contributed by atoms with Crippen LogP contribution in [0.15, 0.2) is 48.5 Å². The van der Waals surface area contributed by atoms with Gasteiger partial charge in [0.2, 0.25) is 0 Å². The van der Waals surface area contributed by atoms with Crippen LogP contribution in [0.4, 0.5) is 11.4 Å². The van der Waals surface area contributed by atoms with Gasteiger partial charge >= 0.3 is 0 Å². The van der Waals surface area contributed by atoms with E-state index in [1.54, 1.807) is 0 Å². The number of nitrogens with two attached hydrogens (primary N) is 1. The summed E-state index contributed by atoms with van der Waals surface area (Å²) < 4.78 is 0. The van der Waals surface area contributed by atoms with Crippen molar-refractivity contribution in [1.29, 1.82) is 0 Å². The molecule has 0 atom stereocenters. The van der Waals surface area contributed by atoms with Crippen LogP contribution in [0.5, 0.6) is 0 Å². The minimum absolute atomic E-state index is 0.408. The van der Waals surface area contributed by atoms with Gasteiger partial charge in [-0.05, 0) is 36.2 Å². The number of nitrogens with one attached hydrogen (secondary N) is 1. The number of thiocarbonyl (C=S) groups is 1. The van der Waals surface area contributed by atoms with Crippen molar-refractivity contribution in [3.8, 4) is 0 Å². The highest BCUT2D eigenvalue weighted by molar-refractivity contribution is 7.80. The molecule has 0 aliphatic carbocycles. The fourth-order valence-corrected chi connectivity index (χ4v) is 2.18. The monoisotopic (exact) mass is 270 g/mol. The van der Waals surface area contributed by atoms with Gasteiger partial charge in [0, 0.05) is 16.9 Å². The second-order valence-electron chi connectivity index (χ2n) is 4.48. The second-order valence-corrected chi connectivity index (χ2v) is 4.92. The smallest absolute Gasteiger partial charge is 0.106 e. The Morgan fingerprint density at radius 2 is 1.79 bits per heavy atom. The van der Waals surface area contributed by atoms with Crippen LogP contribution in [0.2, 0.25) is 0 Å². The Bertz CT molecular complexity index is 561. The van der Waals surface area contributed by atoms with E-state index >= 15 is 0 Å². The highest BCUT2D eigenvalue weighted by atomic mass is 32.1. The third kappa shape index (κ3) is 3.55. The zero-order valence-corrected chi connectivity index (χ0v) is 11.8. The van der Waals surface area contributed by atoms with Crippen molar-refractivity contribution >= 4 is 28.6 Å². The Balaban J connectivity index is 2.19. The molecule has 19 heavy (non-hydrogen) atoms. The second kappa shape index (κ2) is 6.34. The molecule has 2 aromatic carbocycles. The molecule has 0 bridgehead atoms. The van der Waals surface area contributed by atoms with Gasteiger partial charge in [-0.15, -0.1) is 0 Å². The summed E-state index contributed by atoms with van der Waals surface area (Å²) in [6.45, 7) is 2.19. The highest BCUT2D eigenvalue weighted by Crippen LogP contribution is 2.21. The van der Waals surface area contributed by atoms with Crippen LogP contribution in [-0.4, -0.2) is 4.99 Å². The van der Waals surface area contributed by atoms with E-state index < -0.39 is 0 Å². The van der Waals surface area contributed by atoms with Crippen molar-refractivity contribution in [3.63, 3.8) is 0 Å². The average Bonchev–Trinajstić information content (AvgIpc) is 2.42. The van der Waals surface area contributed by atoms with Gasteiger partial charge in [0.05, 0.1) is 0 Å². The van der Waals surface area contributed by atoms with E-state index in [2.05, 4.69) is 36.5 Å². The summed E-state index contributed by atoms with van der Waals surface area (Å²) in [6.07, 6.45) is 2.28. The minimum atomic E-state index is 0.408. The Kier molecular flexibility index (Phi) is 4.53. The van der Waals surface area contributed by atoms with Crippen LogP contribution in [0, 0.1) is 0 Å². The first-order valence-electron chi connectivity index (χ1n) is 6.45. The molecule has 2 aromatic rings. The molecule has 0 heterocycles. The summed E-state index contributed by atoms with van der Waals surface area (Å²) in [5, 5.41) is 3.36. The Morgan fingerprint density at radius 3 is 2.42 bits per heavy atom. The lowest BCUT2D eigenvalue weighted by molar-refractivity contribution is 0.922. The van der Waals surface area contributed by atoms with Gasteiger partial charge < -0.3 is 11.1 Å². The maximum Gasteiger partial charge on any atom is 0.106 e. The average molecular weight is 270 g/mol. The summed E-state index contributed by atoms with van der Waals surface area (Å²) in [5.74, 6) is 0. The van der Waals surface area contributed by atoms with Gasteiger partial charge in [-0.3, -0.25) is 0 Å². The van der Waals surface area contributed by atoms with E-state index in [-0.39, 0.29) is 0 Å². The lowest BCUT2D eigenvalue weighted by Crippen LogP contribution is -2.11. The minimum Gasteiger partial charge on any atom is -0.389 e. The molecule has 0 saturated carbocycles. The number of benzene rings is 2. The quantitative estimate of drug-likeness (QED) is 0.806. The van der Waals surface area contributed by atoms with Gasteiger partial charge in [0.1, 0.15) is 4.99 Å². The van der Waals surface area contributed by atoms with Gasteiger partial charge in [-0.25, -0.2) is 0 Å². The molecular weight excluding hydrogens is 252 g/mol. The largest absolute Gasteiger partial charge is 0.389 e. The molecule has 2 nitrogen and oxygen atoms in total. The normalized spacial score (nSPS) is 10.2. The molecule has 0 aromatic heterocycles. The zero-order valence-electron chi connectivity index (χ0n) is 11.0. The molecule has 98 valence electrons. The standard InChI is InChI=1S/C16H18N2S/c1-2-5-12-8-10-13(11-9-12)18-15-7-4-3-6-14(15)16(17)19/h3-4,6-11,18H,2,5H2,1H3,(H2,17,19). The van der Waals surface area contributed by atoms with Crippen LogP contribution in [0.25, 0.3) is 0 Å². The van der Waals surface area contributed by atoms with Crippen molar-refractivity contribution in [1.82, 2.24) is 0 Å². The number of hydrogen-bond donors (Lipinski definition) is 2. The SMILES string of the molecule is CCCc1ccc(Nc2ccccc2C(N)=S)cc1. The molecule has 3 heteroatoms. The maximum absolute atomic E-state index is 5.72. The maximum atomic E-state index is 5.72. The number of aryl methyl sites for hydroxylation is 1. The summed E-state index contributed by atoms with van der Waals surface area (Å²) in [7, 11) is 0. The fraction of sp³-hybridized carbons (Fsp3) is 0.188. The number of rotatable bonds is 5. The van der Waals surface area contributed by atoms with Crippen LogP contribution in [0.1, 0.15) is 24.5 Å². The van der Waals surface area contributed by atoms with E-state index in [0.29, 0.717) is 4.99 Å². The van der Waals surface area contributed by atoms with Crippen molar-refractivity contribution in [2.45, 2.75) is 19.8 Å². The third-order valence-corrected chi connectivity index (χ3v) is 3.18. The van der Waals surface area contributed by atoms with Gasteiger partial charge in [0.15, 0.2) is 0 Å². The molecule has 0 aliphatic rings. The molecule has 0 saturated heterocycles. The molecule has 0 amide bonds. The van der Waals surface area contributed by atoms with Crippen LogP contribution in [0.3, 0.4) is 0 Å². The van der Waals surface area contributed by atoms with Gasteiger partial charge in [-0.1, -0.05) is 49.8 Å². The molecule has 0 radical (unpaired) electrons. The lowest BCUT2D eigenvalue weighted by atomic mass is 10.1. The molecule has 0 unspecified atom stereocenters. The van der Waals surface area contributed by atoms with Crippen molar-refractivity contribution in [2.75, 3.05) is 5.32 Å². The third-order valence-electron chi connectivity index (χ3n) is 2.96. The Morgan fingerprint density at radius 1 is 1.11 bits per heavy atom. The van der Waals surface area contributed by atoms with Crippen molar-refractivity contribution in [3.05, 3.63) is 59.7 Å². The molecule has 2 rings (SSSR count). The van der Waals surface area contributed by atoms with Crippen LogP contribution >= 0.6 is 12.2 Å².